The van der Waals surface area contributed by atoms with Crippen molar-refractivity contribution in [2.75, 3.05) is 31.6 Å². The number of pyridine rings is 1. The Morgan fingerprint density at radius 2 is 1.88 bits per heavy atom. The third-order valence-corrected chi connectivity index (χ3v) is 9.49. The van der Waals surface area contributed by atoms with Crippen molar-refractivity contribution in [3.05, 3.63) is 65.9 Å². The second-order valence-electron chi connectivity index (χ2n) is 12.8. The van der Waals surface area contributed by atoms with E-state index in [2.05, 4.69) is 39.0 Å². The van der Waals surface area contributed by atoms with Crippen LogP contribution < -0.4 is 19.7 Å². The lowest BCUT2D eigenvalue weighted by atomic mass is 9.61. The molecule has 0 radical (unpaired) electrons. The number of hydrogen-bond acceptors (Lipinski definition) is 9. The summed E-state index contributed by atoms with van der Waals surface area (Å²) in [5, 5.41) is 3.43. The molecule has 1 saturated heterocycles. The van der Waals surface area contributed by atoms with Crippen molar-refractivity contribution in [2.24, 2.45) is 5.41 Å². The summed E-state index contributed by atoms with van der Waals surface area (Å²) in [6.07, 6.45) is 10.2. The molecule has 4 heterocycles. The zero-order valence-electron chi connectivity index (χ0n) is 25.2. The summed E-state index contributed by atoms with van der Waals surface area (Å²) < 4.78 is 18.3. The van der Waals surface area contributed by atoms with Gasteiger partial charge in [0.05, 0.1) is 17.9 Å². The molecular formula is C33H40N6O4. The molecule has 1 N–H and O–H groups in total. The minimum absolute atomic E-state index is 0.0294. The Bertz CT molecular complexity index is 1480. The van der Waals surface area contributed by atoms with Gasteiger partial charge < -0.3 is 29.3 Å². The average Bonchev–Trinajstić information content (AvgIpc) is 2.95. The number of amides is 1. The molecule has 0 bridgehead atoms. The molecule has 4 aliphatic rings. The zero-order chi connectivity index (χ0) is 29.6. The lowest BCUT2D eigenvalue weighted by Crippen LogP contribution is -2.65. The molecule has 7 rings (SSSR count). The normalized spacial score (nSPS) is 22.3. The molecule has 10 heteroatoms. The molecule has 2 aromatic heterocycles. The van der Waals surface area contributed by atoms with Crippen LogP contribution in [0, 0.1) is 5.41 Å². The largest absolute Gasteiger partial charge is 0.490 e. The van der Waals surface area contributed by atoms with E-state index in [1.165, 1.54) is 5.56 Å². The number of nitrogens with one attached hydrogen (secondary N) is 1. The number of methoxy groups -OCH3 is 1. The van der Waals surface area contributed by atoms with Crippen molar-refractivity contribution < 1.29 is 19.0 Å². The maximum absolute atomic E-state index is 13.8. The van der Waals surface area contributed by atoms with Crippen LogP contribution in [0.3, 0.4) is 0 Å². The minimum Gasteiger partial charge on any atom is -0.490 e. The number of aromatic nitrogens is 3. The number of carbonyl (C=O) groups is 1. The molecule has 1 amide bonds. The van der Waals surface area contributed by atoms with E-state index in [0.29, 0.717) is 17.1 Å². The number of hydrogen-bond donors (Lipinski definition) is 1. The Kier molecular flexibility index (Phi) is 7.43. The van der Waals surface area contributed by atoms with Crippen molar-refractivity contribution in [3.63, 3.8) is 0 Å². The van der Waals surface area contributed by atoms with Crippen molar-refractivity contribution >= 4 is 11.7 Å². The lowest BCUT2D eigenvalue weighted by molar-refractivity contribution is -0.0350. The number of nitrogens with zero attached hydrogens (tertiary/aromatic N) is 5. The van der Waals surface area contributed by atoms with Crippen LogP contribution in [0.1, 0.15) is 61.1 Å². The Labute approximate surface area is 252 Å². The van der Waals surface area contributed by atoms with Gasteiger partial charge in [0.25, 0.3) is 5.91 Å². The number of benzene rings is 1. The SMILES string of the molecule is COC1CC(N(C(=O)c2ccccc2Oc2cncnc2N2CC3(CC(Oc4ccnc5c4CNCC5)C3)C2)C(C)C)C1. The van der Waals surface area contributed by atoms with Gasteiger partial charge in [-0.15, -0.1) is 0 Å². The van der Waals surface area contributed by atoms with E-state index in [-0.39, 0.29) is 35.6 Å². The Hall–Kier alpha value is -3.76. The summed E-state index contributed by atoms with van der Waals surface area (Å²) in [6.45, 7) is 7.68. The van der Waals surface area contributed by atoms with Gasteiger partial charge in [-0.1, -0.05) is 12.1 Å². The molecule has 1 spiro atoms. The fourth-order valence-corrected chi connectivity index (χ4v) is 7.18. The fourth-order valence-electron chi connectivity index (χ4n) is 7.18. The smallest absolute Gasteiger partial charge is 0.258 e. The second kappa shape index (κ2) is 11.4. The van der Waals surface area contributed by atoms with Gasteiger partial charge >= 0.3 is 0 Å². The molecule has 0 atom stereocenters. The molecule has 2 aliphatic heterocycles. The van der Waals surface area contributed by atoms with Crippen LogP contribution in [0.25, 0.3) is 0 Å². The predicted octanol–water partition coefficient (Wildman–Crippen LogP) is 4.39. The van der Waals surface area contributed by atoms with E-state index in [4.69, 9.17) is 14.2 Å². The van der Waals surface area contributed by atoms with E-state index in [1.54, 1.807) is 19.6 Å². The third-order valence-electron chi connectivity index (χ3n) is 9.49. The maximum Gasteiger partial charge on any atom is 0.258 e. The van der Waals surface area contributed by atoms with Gasteiger partial charge in [-0.25, -0.2) is 9.97 Å². The summed E-state index contributed by atoms with van der Waals surface area (Å²) in [4.78, 5) is 31.4. The van der Waals surface area contributed by atoms with Gasteiger partial charge in [-0.2, -0.15) is 0 Å². The molecule has 0 unspecified atom stereocenters. The molecule has 226 valence electrons. The number of ether oxygens (including phenoxy) is 3. The molecule has 3 aromatic rings. The molecular weight excluding hydrogens is 544 g/mol. The van der Waals surface area contributed by atoms with Gasteiger partial charge in [-0.3, -0.25) is 9.78 Å². The standard InChI is InChI=1S/C33H40N6O4/c1-21(2)39(22-12-23(13-22)41-3)32(40)25-6-4-5-7-28(25)43-30-17-35-20-37-31(30)38-18-33(19-38)14-24(15-33)42-29-9-11-36-27-8-10-34-16-26(27)29/h4-7,9,11,17,20-24,34H,8,10,12-16,18-19H2,1-3H3. The number of anilines is 1. The van der Waals surface area contributed by atoms with Gasteiger partial charge in [0.2, 0.25) is 0 Å². The summed E-state index contributed by atoms with van der Waals surface area (Å²) >= 11 is 0. The summed E-state index contributed by atoms with van der Waals surface area (Å²) in [6, 6.07) is 9.68. The summed E-state index contributed by atoms with van der Waals surface area (Å²) in [5.41, 5.74) is 3.13. The highest BCUT2D eigenvalue weighted by molar-refractivity contribution is 5.97. The monoisotopic (exact) mass is 584 g/mol. The van der Waals surface area contributed by atoms with Crippen LogP contribution >= 0.6 is 0 Å². The Balaban J connectivity index is 1.01. The van der Waals surface area contributed by atoms with Crippen molar-refractivity contribution in [2.45, 2.75) is 76.8 Å². The van der Waals surface area contributed by atoms with E-state index in [0.717, 1.165) is 75.5 Å². The summed E-state index contributed by atoms with van der Waals surface area (Å²) in [5.74, 6) is 2.77. The van der Waals surface area contributed by atoms with E-state index >= 15 is 0 Å². The van der Waals surface area contributed by atoms with E-state index in [9.17, 15) is 4.79 Å². The van der Waals surface area contributed by atoms with Crippen LogP contribution in [-0.2, 0) is 17.7 Å². The first-order valence-electron chi connectivity index (χ1n) is 15.4. The van der Waals surface area contributed by atoms with Crippen LogP contribution in [0.2, 0.25) is 0 Å². The Morgan fingerprint density at radius 3 is 2.67 bits per heavy atom. The first-order chi connectivity index (χ1) is 20.9. The Morgan fingerprint density at radius 1 is 1.07 bits per heavy atom. The topological polar surface area (TPSA) is 102 Å². The molecule has 10 nitrogen and oxygen atoms in total. The van der Waals surface area contributed by atoms with Crippen molar-refractivity contribution in [1.29, 1.82) is 0 Å². The van der Waals surface area contributed by atoms with Gasteiger partial charge in [0, 0.05) is 74.7 Å². The fraction of sp³-hybridized carbons (Fsp3) is 0.515. The zero-order valence-corrected chi connectivity index (χ0v) is 25.2. The molecule has 2 aliphatic carbocycles. The second-order valence-corrected chi connectivity index (χ2v) is 12.8. The number of para-hydroxylation sites is 1. The number of carbonyl (C=O) groups excluding carboxylic acids is 1. The number of fused-ring (bicyclic) bond motifs is 1. The van der Waals surface area contributed by atoms with E-state index in [1.807, 2.05) is 41.4 Å². The van der Waals surface area contributed by atoms with Gasteiger partial charge in [-0.05, 0) is 57.7 Å². The maximum atomic E-state index is 13.8. The lowest BCUT2D eigenvalue weighted by Gasteiger charge is -2.59. The first kappa shape index (κ1) is 28.0. The molecule has 3 fully saturated rings. The summed E-state index contributed by atoms with van der Waals surface area (Å²) in [7, 11) is 1.73. The van der Waals surface area contributed by atoms with Crippen LogP contribution in [0.4, 0.5) is 5.82 Å². The highest BCUT2D eigenvalue weighted by Gasteiger charge is 2.54. The quantitative estimate of drug-likeness (QED) is 0.393. The van der Waals surface area contributed by atoms with Crippen molar-refractivity contribution in [3.8, 4) is 17.2 Å². The third kappa shape index (κ3) is 5.31. The number of rotatable bonds is 9. The van der Waals surface area contributed by atoms with Crippen molar-refractivity contribution in [1.82, 2.24) is 25.2 Å². The average molecular weight is 585 g/mol. The van der Waals surface area contributed by atoms with Crippen LogP contribution in [0.15, 0.2) is 49.1 Å². The van der Waals surface area contributed by atoms with E-state index < -0.39 is 0 Å². The van der Waals surface area contributed by atoms with Crippen LogP contribution in [-0.4, -0.2) is 76.8 Å². The van der Waals surface area contributed by atoms with Crippen LogP contribution in [0.5, 0.6) is 17.2 Å². The highest BCUT2D eigenvalue weighted by atomic mass is 16.5. The molecule has 1 aromatic carbocycles. The molecule has 43 heavy (non-hydrogen) atoms. The predicted molar refractivity (Wildman–Crippen MR) is 162 cm³/mol. The molecule has 2 saturated carbocycles. The minimum atomic E-state index is -0.0294. The van der Waals surface area contributed by atoms with Gasteiger partial charge in [0.1, 0.15) is 23.9 Å². The van der Waals surface area contributed by atoms with Gasteiger partial charge in [0.15, 0.2) is 11.6 Å². The highest BCUT2D eigenvalue weighted by Crippen LogP contribution is 2.52. The first-order valence-corrected chi connectivity index (χ1v) is 15.4.